The maximum absolute atomic E-state index is 11.9. The number of hydrogen-bond donors (Lipinski definition) is 2. The predicted octanol–water partition coefficient (Wildman–Crippen LogP) is 3.19. The minimum Gasteiger partial charge on any atom is -0.477 e. The molecule has 1 rings (SSSR count). The van der Waals surface area contributed by atoms with E-state index < -0.39 is 18.6 Å². The van der Waals surface area contributed by atoms with E-state index in [9.17, 15) is 18.0 Å². The molecule has 0 aromatic carbocycles. The van der Waals surface area contributed by atoms with Crippen LogP contribution in [0.1, 0.15) is 33.0 Å². The van der Waals surface area contributed by atoms with E-state index in [1.54, 1.807) is 13.0 Å². The Labute approximate surface area is 107 Å². The number of halogens is 3. The molecule has 18 heavy (non-hydrogen) atoms. The summed E-state index contributed by atoms with van der Waals surface area (Å²) in [6, 6.07) is 1.55. The first-order valence-corrected chi connectivity index (χ1v) is 6.21. The van der Waals surface area contributed by atoms with Gasteiger partial charge in [-0.2, -0.15) is 13.2 Å². The van der Waals surface area contributed by atoms with Crippen LogP contribution in [0.3, 0.4) is 0 Å². The molecule has 0 saturated heterocycles. The number of aryl methyl sites for hydroxylation is 1. The van der Waals surface area contributed by atoms with Gasteiger partial charge in [-0.1, -0.05) is 0 Å². The van der Waals surface area contributed by atoms with E-state index >= 15 is 0 Å². The monoisotopic (exact) mass is 281 g/mol. The molecule has 102 valence electrons. The van der Waals surface area contributed by atoms with Gasteiger partial charge in [-0.3, -0.25) is 0 Å². The third-order valence-corrected chi connectivity index (χ3v) is 3.44. The van der Waals surface area contributed by atoms with Crippen molar-refractivity contribution < 1.29 is 23.1 Å². The molecule has 0 radical (unpaired) electrons. The van der Waals surface area contributed by atoms with Crippen molar-refractivity contribution in [3.05, 3.63) is 21.4 Å². The average molecular weight is 281 g/mol. The van der Waals surface area contributed by atoms with Crippen LogP contribution in [0.25, 0.3) is 0 Å². The van der Waals surface area contributed by atoms with Crippen molar-refractivity contribution in [3.63, 3.8) is 0 Å². The second-order valence-electron chi connectivity index (χ2n) is 3.89. The molecule has 3 nitrogen and oxygen atoms in total. The summed E-state index contributed by atoms with van der Waals surface area (Å²) in [5.41, 5.74) is 0.824. The summed E-state index contributed by atoms with van der Waals surface area (Å²) in [6.45, 7) is 2.45. The van der Waals surface area contributed by atoms with Crippen molar-refractivity contribution in [2.75, 3.05) is 6.54 Å². The first-order chi connectivity index (χ1) is 8.29. The zero-order valence-electron chi connectivity index (χ0n) is 9.80. The zero-order chi connectivity index (χ0) is 13.8. The average Bonchev–Trinajstić information content (AvgIpc) is 2.58. The fraction of sp³-hybridized carbons (Fsp3) is 0.545. The van der Waals surface area contributed by atoms with Gasteiger partial charge in [0.05, 0.1) is 0 Å². The first kappa shape index (κ1) is 15.0. The van der Waals surface area contributed by atoms with Crippen molar-refractivity contribution in [2.45, 2.75) is 32.5 Å². The maximum Gasteiger partial charge on any atom is 0.389 e. The van der Waals surface area contributed by atoms with Crippen LogP contribution in [0.5, 0.6) is 0 Å². The van der Waals surface area contributed by atoms with E-state index in [0.717, 1.165) is 10.4 Å². The van der Waals surface area contributed by atoms with E-state index in [-0.39, 0.29) is 17.8 Å². The number of nitrogens with one attached hydrogen (secondary N) is 1. The van der Waals surface area contributed by atoms with Gasteiger partial charge in [0.1, 0.15) is 4.88 Å². The molecule has 0 amide bonds. The normalized spacial score (nSPS) is 11.8. The lowest BCUT2D eigenvalue weighted by atomic mass is 10.2. The maximum atomic E-state index is 11.9. The Kier molecular flexibility index (Phi) is 5.15. The highest BCUT2D eigenvalue weighted by Gasteiger charge is 2.25. The molecule has 0 aliphatic rings. The second-order valence-corrected chi connectivity index (χ2v) is 5.15. The number of alkyl halides is 3. The molecule has 2 N–H and O–H groups in total. The molecule has 1 aromatic heterocycles. The summed E-state index contributed by atoms with van der Waals surface area (Å²) in [5.74, 6) is -0.980. The molecular weight excluding hydrogens is 267 g/mol. The van der Waals surface area contributed by atoms with Crippen molar-refractivity contribution >= 4 is 17.3 Å². The van der Waals surface area contributed by atoms with Crippen molar-refractivity contribution in [1.29, 1.82) is 0 Å². The number of carboxylic acid groups (broad SMARTS) is 1. The van der Waals surface area contributed by atoms with Crippen molar-refractivity contribution in [1.82, 2.24) is 5.32 Å². The van der Waals surface area contributed by atoms with Crippen LogP contribution < -0.4 is 5.32 Å². The number of aromatic carboxylic acids is 1. The largest absolute Gasteiger partial charge is 0.477 e. The van der Waals surface area contributed by atoms with Gasteiger partial charge in [0.25, 0.3) is 0 Å². The molecule has 0 atom stereocenters. The van der Waals surface area contributed by atoms with Crippen LogP contribution in [0.4, 0.5) is 13.2 Å². The Morgan fingerprint density at radius 1 is 1.50 bits per heavy atom. The minimum atomic E-state index is -4.11. The lowest BCUT2D eigenvalue weighted by molar-refractivity contribution is -0.135. The molecule has 0 aliphatic heterocycles. The van der Waals surface area contributed by atoms with E-state index in [2.05, 4.69) is 5.32 Å². The standard InChI is InChI=1S/C11H14F3NO2S/c1-7-8(5-9(18-7)10(16)17)6-15-4-2-3-11(12,13)14/h5,15H,2-4,6H2,1H3,(H,16,17). The summed E-state index contributed by atoms with van der Waals surface area (Å²) in [7, 11) is 0. The molecule has 7 heteroatoms. The van der Waals surface area contributed by atoms with E-state index in [1.807, 2.05) is 0 Å². The van der Waals surface area contributed by atoms with Crippen LogP contribution in [0.15, 0.2) is 6.07 Å². The molecule has 0 unspecified atom stereocenters. The van der Waals surface area contributed by atoms with Gasteiger partial charge in [0.2, 0.25) is 0 Å². The third kappa shape index (κ3) is 5.05. The topological polar surface area (TPSA) is 49.3 Å². The van der Waals surface area contributed by atoms with Crippen LogP contribution in [0, 0.1) is 6.92 Å². The Bertz CT molecular complexity index is 415. The molecule has 0 bridgehead atoms. The van der Waals surface area contributed by atoms with Crippen molar-refractivity contribution in [3.8, 4) is 0 Å². The third-order valence-electron chi connectivity index (χ3n) is 2.36. The lowest BCUT2D eigenvalue weighted by Crippen LogP contribution is -2.17. The van der Waals surface area contributed by atoms with Gasteiger partial charge in [0, 0.05) is 17.8 Å². The first-order valence-electron chi connectivity index (χ1n) is 5.39. The summed E-state index contributed by atoms with van der Waals surface area (Å²) in [4.78, 5) is 11.8. The highest BCUT2D eigenvalue weighted by Crippen LogP contribution is 2.22. The fourth-order valence-corrected chi connectivity index (χ4v) is 2.32. The molecule has 0 aliphatic carbocycles. The number of carboxylic acids is 1. The van der Waals surface area contributed by atoms with Gasteiger partial charge < -0.3 is 10.4 Å². The highest BCUT2D eigenvalue weighted by molar-refractivity contribution is 7.14. The van der Waals surface area contributed by atoms with E-state index in [0.29, 0.717) is 6.54 Å². The quantitative estimate of drug-likeness (QED) is 0.787. The Morgan fingerprint density at radius 3 is 2.67 bits per heavy atom. The van der Waals surface area contributed by atoms with Gasteiger partial charge in [-0.05, 0) is 31.5 Å². The zero-order valence-corrected chi connectivity index (χ0v) is 10.6. The van der Waals surface area contributed by atoms with Crippen molar-refractivity contribution in [2.24, 2.45) is 0 Å². The lowest BCUT2D eigenvalue weighted by Gasteiger charge is -2.07. The van der Waals surface area contributed by atoms with Gasteiger partial charge in [0.15, 0.2) is 0 Å². The predicted molar refractivity (Wildman–Crippen MR) is 63.0 cm³/mol. The molecule has 1 heterocycles. The van der Waals surface area contributed by atoms with Crippen LogP contribution in [-0.4, -0.2) is 23.8 Å². The molecular formula is C11H14F3NO2S. The number of carbonyl (C=O) groups is 1. The summed E-state index contributed by atoms with van der Waals surface area (Å²) in [6.07, 6.45) is -4.89. The molecule has 0 saturated carbocycles. The van der Waals surface area contributed by atoms with Crippen LogP contribution in [-0.2, 0) is 6.54 Å². The molecule has 0 spiro atoms. The smallest absolute Gasteiger partial charge is 0.389 e. The van der Waals surface area contributed by atoms with Gasteiger partial charge >= 0.3 is 12.1 Å². The fourth-order valence-electron chi connectivity index (χ4n) is 1.44. The Balaban J connectivity index is 2.33. The summed E-state index contributed by atoms with van der Waals surface area (Å²) >= 11 is 1.17. The molecule has 1 aromatic rings. The van der Waals surface area contributed by atoms with Gasteiger partial charge in [-0.15, -0.1) is 11.3 Å². The molecule has 0 fully saturated rings. The minimum absolute atomic E-state index is 0.0263. The van der Waals surface area contributed by atoms with Gasteiger partial charge in [-0.25, -0.2) is 4.79 Å². The Morgan fingerprint density at radius 2 is 2.17 bits per heavy atom. The van der Waals surface area contributed by atoms with E-state index in [4.69, 9.17) is 5.11 Å². The second kappa shape index (κ2) is 6.19. The van der Waals surface area contributed by atoms with E-state index in [1.165, 1.54) is 11.3 Å². The summed E-state index contributed by atoms with van der Waals surface area (Å²) < 4.78 is 35.6. The number of hydrogen-bond acceptors (Lipinski definition) is 3. The van der Waals surface area contributed by atoms with Crippen LogP contribution >= 0.6 is 11.3 Å². The SMILES string of the molecule is Cc1sc(C(=O)O)cc1CNCCCC(F)(F)F. The number of rotatable bonds is 6. The summed E-state index contributed by atoms with van der Waals surface area (Å²) in [5, 5.41) is 11.7. The van der Waals surface area contributed by atoms with Crippen LogP contribution in [0.2, 0.25) is 0 Å². The number of thiophene rings is 1. The highest BCUT2D eigenvalue weighted by atomic mass is 32.1. The Hall–Kier alpha value is -1.08.